The Bertz CT molecular complexity index is 758. The van der Waals surface area contributed by atoms with E-state index in [9.17, 15) is 22.8 Å². The number of anilines is 1. The number of nitrogens with two attached hydrogens (primary N) is 1. The number of hydrogen-bond acceptors (Lipinski definition) is 2. The van der Waals surface area contributed by atoms with Crippen molar-refractivity contribution < 1.29 is 22.8 Å². The molecule has 2 aromatic rings. The van der Waals surface area contributed by atoms with Gasteiger partial charge < -0.3 is 11.1 Å². The number of alkyl halides is 3. The van der Waals surface area contributed by atoms with Crippen LogP contribution in [0.2, 0.25) is 5.02 Å². The number of halogens is 4. The molecule has 4 nitrogen and oxygen atoms in total. The number of rotatable bonds is 3. The van der Waals surface area contributed by atoms with Crippen LogP contribution in [-0.4, -0.2) is 11.8 Å². The summed E-state index contributed by atoms with van der Waals surface area (Å²) in [5.41, 5.74) is 4.69. The first-order valence-corrected chi connectivity index (χ1v) is 6.64. The molecule has 0 spiro atoms. The zero-order valence-electron chi connectivity index (χ0n) is 11.4. The van der Waals surface area contributed by atoms with E-state index in [1.165, 1.54) is 18.2 Å². The van der Waals surface area contributed by atoms with Crippen molar-refractivity contribution >= 4 is 29.1 Å². The van der Waals surface area contributed by atoms with E-state index in [0.717, 1.165) is 24.3 Å². The van der Waals surface area contributed by atoms with Gasteiger partial charge in [0.2, 0.25) is 5.91 Å². The molecule has 120 valence electrons. The van der Waals surface area contributed by atoms with Gasteiger partial charge in [-0.3, -0.25) is 9.59 Å². The number of primary amides is 1. The fourth-order valence-electron chi connectivity index (χ4n) is 1.81. The van der Waals surface area contributed by atoms with Gasteiger partial charge in [0.25, 0.3) is 5.91 Å². The molecule has 0 aliphatic rings. The minimum absolute atomic E-state index is 0.0492. The second-order valence-corrected chi connectivity index (χ2v) is 5.00. The van der Waals surface area contributed by atoms with Crippen LogP contribution in [0, 0.1) is 0 Å². The summed E-state index contributed by atoms with van der Waals surface area (Å²) in [5.74, 6) is -1.32. The first-order valence-electron chi connectivity index (χ1n) is 6.26. The van der Waals surface area contributed by atoms with Crippen LogP contribution < -0.4 is 11.1 Å². The summed E-state index contributed by atoms with van der Waals surface area (Å²) in [4.78, 5) is 23.0. The molecular weight excluding hydrogens is 333 g/mol. The zero-order valence-corrected chi connectivity index (χ0v) is 12.2. The molecule has 0 fully saturated rings. The van der Waals surface area contributed by atoms with Gasteiger partial charge in [-0.05, 0) is 42.5 Å². The lowest BCUT2D eigenvalue weighted by Crippen LogP contribution is -2.14. The molecule has 0 heterocycles. The van der Waals surface area contributed by atoms with E-state index in [1.54, 1.807) is 0 Å². The number of amides is 2. The Morgan fingerprint density at radius 2 is 1.65 bits per heavy atom. The van der Waals surface area contributed by atoms with Crippen molar-refractivity contribution in [1.82, 2.24) is 0 Å². The van der Waals surface area contributed by atoms with Crippen LogP contribution in [0.1, 0.15) is 26.3 Å². The fraction of sp³-hybridized carbons (Fsp3) is 0.0667. The number of carbonyl (C=O) groups excluding carboxylic acids is 2. The lowest BCUT2D eigenvalue weighted by molar-refractivity contribution is -0.137. The lowest BCUT2D eigenvalue weighted by Gasteiger charge is -2.09. The third-order valence-electron chi connectivity index (χ3n) is 2.97. The number of carbonyl (C=O) groups is 2. The van der Waals surface area contributed by atoms with Gasteiger partial charge in [0, 0.05) is 11.3 Å². The van der Waals surface area contributed by atoms with Crippen LogP contribution in [0.3, 0.4) is 0 Å². The maximum Gasteiger partial charge on any atom is 0.416 e. The van der Waals surface area contributed by atoms with Gasteiger partial charge in [0.05, 0.1) is 16.1 Å². The molecule has 2 rings (SSSR count). The molecule has 2 amide bonds. The van der Waals surface area contributed by atoms with Crippen molar-refractivity contribution in [1.29, 1.82) is 0 Å². The maximum absolute atomic E-state index is 12.5. The molecule has 0 saturated carbocycles. The first kappa shape index (κ1) is 16.8. The van der Waals surface area contributed by atoms with E-state index < -0.39 is 23.6 Å². The molecule has 23 heavy (non-hydrogen) atoms. The third-order valence-corrected chi connectivity index (χ3v) is 3.28. The minimum atomic E-state index is -4.47. The summed E-state index contributed by atoms with van der Waals surface area (Å²) in [6.07, 6.45) is -4.47. The van der Waals surface area contributed by atoms with Gasteiger partial charge in [0.15, 0.2) is 0 Å². The van der Waals surface area contributed by atoms with E-state index in [1.807, 2.05) is 0 Å². The van der Waals surface area contributed by atoms with E-state index in [0.29, 0.717) is 0 Å². The minimum Gasteiger partial charge on any atom is -0.366 e. The normalized spacial score (nSPS) is 11.1. The highest BCUT2D eigenvalue weighted by Gasteiger charge is 2.30. The van der Waals surface area contributed by atoms with Crippen LogP contribution in [0.15, 0.2) is 42.5 Å². The molecule has 3 N–H and O–H groups in total. The Labute approximate surface area is 134 Å². The van der Waals surface area contributed by atoms with E-state index >= 15 is 0 Å². The van der Waals surface area contributed by atoms with Crippen molar-refractivity contribution in [2.24, 2.45) is 5.73 Å². The Kier molecular flexibility index (Phi) is 4.60. The topological polar surface area (TPSA) is 72.2 Å². The molecule has 0 unspecified atom stereocenters. The monoisotopic (exact) mass is 342 g/mol. The van der Waals surface area contributed by atoms with Crippen LogP contribution in [0.25, 0.3) is 0 Å². The van der Waals surface area contributed by atoms with Crippen molar-refractivity contribution in [2.45, 2.75) is 6.18 Å². The summed E-state index contributed by atoms with van der Waals surface area (Å²) in [7, 11) is 0. The Balaban J connectivity index is 2.16. The van der Waals surface area contributed by atoms with E-state index in [-0.39, 0.29) is 21.8 Å². The second-order valence-electron chi connectivity index (χ2n) is 4.59. The van der Waals surface area contributed by atoms with Crippen LogP contribution in [0.5, 0.6) is 0 Å². The molecular formula is C15H10ClF3N2O2. The highest BCUT2D eigenvalue weighted by Crippen LogP contribution is 2.29. The highest BCUT2D eigenvalue weighted by molar-refractivity contribution is 6.34. The Morgan fingerprint density at radius 1 is 1.04 bits per heavy atom. The van der Waals surface area contributed by atoms with Crippen molar-refractivity contribution in [2.75, 3.05) is 5.32 Å². The van der Waals surface area contributed by atoms with Gasteiger partial charge in [-0.15, -0.1) is 0 Å². The average molecular weight is 343 g/mol. The quantitative estimate of drug-likeness (QED) is 0.892. The zero-order chi connectivity index (χ0) is 17.2. The molecule has 0 aromatic heterocycles. The molecule has 0 aliphatic carbocycles. The summed E-state index contributed by atoms with van der Waals surface area (Å²) in [6, 6.07) is 7.84. The highest BCUT2D eigenvalue weighted by atomic mass is 35.5. The third kappa shape index (κ3) is 4.01. The molecule has 0 aliphatic heterocycles. The number of benzene rings is 2. The molecule has 2 aromatic carbocycles. The van der Waals surface area contributed by atoms with Gasteiger partial charge in [-0.2, -0.15) is 13.2 Å². The summed E-state index contributed by atoms with van der Waals surface area (Å²) in [5, 5.41) is 2.52. The van der Waals surface area contributed by atoms with E-state index in [2.05, 4.69) is 5.32 Å². The fourth-order valence-corrected chi connectivity index (χ4v) is 2.08. The largest absolute Gasteiger partial charge is 0.416 e. The van der Waals surface area contributed by atoms with Crippen molar-refractivity contribution in [3.63, 3.8) is 0 Å². The van der Waals surface area contributed by atoms with Gasteiger partial charge >= 0.3 is 6.18 Å². The summed E-state index contributed by atoms with van der Waals surface area (Å²) in [6.45, 7) is 0. The van der Waals surface area contributed by atoms with Gasteiger partial charge in [0.1, 0.15) is 0 Å². The van der Waals surface area contributed by atoms with Gasteiger partial charge in [-0.1, -0.05) is 11.6 Å². The maximum atomic E-state index is 12.5. The van der Waals surface area contributed by atoms with E-state index in [4.69, 9.17) is 17.3 Å². The molecule has 0 radical (unpaired) electrons. The molecule has 0 atom stereocenters. The SMILES string of the molecule is NC(=O)c1ccc(NC(=O)c2ccc(C(F)(F)F)cc2)cc1Cl. The first-order chi connectivity index (χ1) is 10.7. The molecule has 8 heteroatoms. The number of hydrogen-bond donors (Lipinski definition) is 2. The van der Waals surface area contributed by atoms with Gasteiger partial charge in [-0.25, -0.2) is 0 Å². The smallest absolute Gasteiger partial charge is 0.366 e. The predicted octanol–water partition coefficient (Wildman–Crippen LogP) is 3.71. The van der Waals surface area contributed by atoms with Crippen LogP contribution in [0.4, 0.5) is 18.9 Å². The second kappa shape index (κ2) is 6.29. The molecule has 0 saturated heterocycles. The predicted molar refractivity (Wildman–Crippen MR) is 79.4 cm³/mol. The molecule has 0 bridgehead atoms. The Morgan fingerprint density at radius 3 is 2.13 bits per heavy atom. The standard InChI is InChI=1S/C15H10ClF3N2O2/c16-12-7-10(5-6-11(12)13(20)22)21-14(23)8-1-3-9(4-2-8)15(17,18)19/h1-7H,(H2,20,22)(H,21,23). The van der Waals surface area contributed by atoms with Crippen molar-refractivity contribution in [3.8, 4) is 0 Å². The van der Waals surface area contributed by atoms with Crippen LogP contribution >= 0.6 is 11.6 Å². The summed E-state index contributed by atoms with van der Waals surface area (Å²) >= 11 is 5.85. The lowest BCUT2D eigenvalue weighted by atomic mass is 10.1. The van der Waals surface area contributed by atoms with Crippen LogP contribution in [-0.2, 0) is 6.18 Å². The van der Waals surface area contributed by atoms with Crippen molar-refractivity contribution in [3.05, 3.63) is 64.2 Å². The average Bonchev–Trinajstić information content (AvgIpc) is 2.46. The number of nitrogens with one attached hydrogen (secondary N) is 1. The Hall–Kier alpha value is -2.54. The summed E-state index contributed by atoms with van der Waals surface area (Å²) < 4.78 is 37.4.